The van der Waals surface area contributed by atoms with Crippen molar-refractivity contribution >= 4 is 5.69 Å². The summed E-state index contributed by atoms with van der Waals surface area (Å²) in [5.74, 6) is 0.660. The standard InChI is InChI=1S/C12H10N2O3/c15-14(16)12-7-4-8-13-11(12)9-17-10-5-2-1-3-6-10/h1-8H,9H2. The number of hydrogen-bond acceptors (Lipinski definition) is 4. The third-order valence-corrected chi connectivity index (χ3v) is 2.18. The molecule has 0 atom stereocenters. The lowest BCUT2D eigenvalue weighted by atomic mass is 10.3. The summed E-state index contributed by atoms with van der Waals surface area (Å²) in [5.41, 5.74) is 0.296. The van der Waals surface area contributed by atoms with Gasteiger partial charge in [-0.2, -0.15) is 0 Å². The van der Waals surface area contributed by atoms with Crippen LogP contribution in [0, 0.1) is 10.1 Å². The largest absolute Gasteiger partial charge is 0.487 e. The van der Waals surface area contributed by atoms with E-state index in [4.69, 9.17) is 4.74 Å². The maximum Gasteiger partial charge on any atom is 0.294 e. The number of nitrogens with zero attached hydrogens (tertiary/aromatic N) is 2. The molecule has 0 unspecified atom stereocenters. The predicted octanol–water partition coefficient (Wildman–Crippen LogP) is 2.57. The molecule has 0 spiro atoms. The Morgan fingerprint density at radius 3 is 2.65 bits per heavy atom. The molecule has 0 amide bonds. The van der Waals surface area contributed by atoms with Gasteiger partial charge < -0.3 is 4.74 Å². The first-order valence-electron chi connectivity index (χ1n) is 5.03. The van der Waals surface area contributed by atoms with Crippen LogP contribution in [0.3, 0.4) is 0 Å². The number of para-hydroxylation sites is 1. The van der Waals surface area contributed by atoms with Crippen LogP contribution in [-0.4, -0.2) is 9.91 Å². The molecule has 5 nitrogen and oxygen atoms in total. The average molecular weight is 230 g/mol. The second-order valence-electron chi connectivity index (χ2n) is 3.33. The van der Waals surface area contributed by atoms with Crippen molar-refractivity contribution < 1.29 is 9.66 Å². The van der Waals surface area contributed by atoms with Gasteiger partial charge in [-0.15, -0.1) is 0 Å². The monoisotopic (exact) mass is 230 g/mol. The number of aromatic nitrogens is 1. The topological polar surface area (TPSA) is 65.3 Å². The highest BCUT2D eigenvalue weighted by Gasteiger charge is 2.14. The summed E-state index contributed by atoms with van der Waals surface area (Å²) in [6.07, 6.45) is 1.51. The van der Waals surface area contributed by atoms with Crippen molar-refractivity contribution in [3.8, 4) is 5.75 Å². The molecule has 5 heteroatoms. The van der Waals surface area contributed by atoms with Gasteiger partial charge in [0.2, 0.25) is 0 Å². The van der Waals surface area contributed by atoms with Gasteiger partial charge in [0.25, 0.3) is 5.69 Å². The molecule has 2 rings (SSSR count). The van der Waals surface area contributed by atoms with Crippen molar-refractivity contribution in [2.45, 2.75) is 6.61 Å². The van der Waals surface area contributed by atoms with Gasteiger partial charge in [-0.05, 0) is 18.2 Å². The van der Waals surface area contributed by atoms with Gasteiger partial charge in [-0.25, -0.2) is 0 Å². The number of rotatable bonds is 4. The van der Waals surface area contributed by atoms with Crippen LogP contribution >= 0.6 is 0 Å². The van der Waals surface area contributed by atoms with E-state index in [1.54, 1.807) is 12.1 Å². The van der Waals surface area contributed by atoms with Gasteiger partial charge in [0.1, 0.15) is 12.4 Å². The molecule has 0 N–H and O–H groups in total. The fraction of sp³-hybridized carbons (Fsp3) is 0.0833. The number of ether oxygens (including phenoxy) is 1. The Balaban J connectivity index is 2.12. The van der Waals surface area contributed by atoms with Crippen LogP contribution in [0.5, 0.6) is 5.75 Å². The second kappa shape index (κ2) is 5.07. The molecule has 0 fully saturated rings. The Morgan fingerprint density at radius 2 is 1.94 bits per heavy atom. The SMILES string of the molecule is O=[N+]([O-])c1cccnc1COc1ccccc1. The van der Waals surface area contributed by atoms with Gasteiger partial charge in [0.05, 0.1) is 4.92 Å². The highest BCUT2D eigenvalue weighted by atomic mass is 16.6. The Morgan fingerprint density at radius 1 is 1.18 bits per heavy atom. The van der Waals surface area contributed by atoms with Crippen LogP contribution in [0.25, 0.3) is 0 Å². The van der Waals surface area contributed by atoms with Gasteiger partial charge in [0, 0.05) is 12.3 Å². The quantitative estimate of drug-likeness (QED) is 0.598. The molecule has 0 aliphatic carbocycles. The molecule has 0 aliphatic heterocycles. The summed E-state index contributed by atoms with van der Waals surface area (Å²) in [6.45, 7) is 0.0845. The maximum absolute atomic E-state index is 10.7. The van der Waals surface area contributed by atoms with E-state index >= 15 is 0 Å². The summed E-state index contributed by atoms with van der Waals surface area (Å²) >= 11 is 0. The first-order chi connectivity index (χ1) is 8.27. The van der Waals surface area contributed by atoms with Crippen LogP contribution in [0.15, 0.2) is 48.7 Å². The Kier molecular flexibility index (Phi) is 3.30. The lowest BCUT2D eigenvalue weighted by molar-refractivity contribution is -0.386. The van der Waals surface area contributed by atoms with Crippen LogP contribution in [-0.2, 0) is 6.61 Å². The summed E-state index contributed by atoms with van der Waals surface area (Å²) in [7, 11) is 0. The summed E-state index contributed by atoms with van der Waals surface area (Å²) in [5, 5.41) is 10.7. The first-order valence-corrected chi connectivity index (χ1v) is 5.03. The van der Waals surface area contributed by atoms with Crippen molar-refractivity contribution in [2.24, 2.45) is 0 Å². The van der Waals surface area contributed by atoms with Crippen LogP contribution < -0.4 is 4.74 Å². The molecule has 0 saturated carbocycles. The minimum absolute atomic E-state index is 0.0246. The minimum Gasteiger partial charge on any atom is -0.487 e. The third kappa shape index (κ3) is 2.78. The maximum atomic E-state index is 10.7. The molecule has 0 aliphatic rings. The van der Waals surface area contributed by atoms with Crippen molar-refractivity contribution in [2.75, 3.05) is 0 Å². The molecule has 2 aromatic rings. The lowest BCUT2D eigenvalue weighted by Crippen LogP contribution is -2.02. The molecule has 1 aromatic heterocycles. The number of pyridine rings is 1. The summed E-state index contributed by atoms with van der Waals surface area (Å²) in [4.78, 5) is 14.2. The van der Waals surface area contributed by atoms with E-state index in [2.05, 4.69) is 4.98 Å². The van der Waals surface area contributed by atoms with Gasteiger partial charge in [0.15, 0.2) is 5.69 Å². The molecule has 1 heterocycles. The van der Waals surface area contributed by atoms with E-state index in [0.717, 1.165) is 0 Å². The Hall–Kier alpha value is -2.43. The summed E-state index contributed by atoms with van der Waals surface area (Å²) in [6, 6.07) is 12.1. The molecule has 0 saturated heterocycles. The molecular formula is C12H10N2O3. The van der Waals surface area contributed by atoms with Gasteiger partial charge in [-0.3, -0.25) is 15.1 Å². The molecule has 0 bridgehead atoms. The van der Waals surface area contributed by atoms with E-state index in [-0.39, 0.29) is 12.3 Å². The van der Waals surface area contributed by atoms with Crippen molar-refractivity contribution in [3.63, 3.8) is 0 Å². The molecule has 1 aromatic carbocycles. The van der Waals surface area contributed by atoms with E-state index in [9.17, 15) is 10.1 Å². The minimum atomic E-state index is -0.462. The van der Waals surface area contributed by atoms with Crippen molar-refractivity contribution in [3.05, 3.63) is 64.5 Å². The van der Waals surface area contributed by atoms with Gasteiger partial charge in [-0.1, -0.05) is 18.2 Å². The Labute approximate surface area is 97.8 Å². The zero-order valence-corrected chi connectivity index (χ0v) is 8.95. The fourth-order valence-corrected chi connectivity index (χ4v) is 1.38. The summed E-state index contributed by atoms with van der Waals surface area (Å²) < 4.78 is 5.42. The van der Waals surface area contributed by atoms with Crippen molar-refractivity contribution in [1.29, 1.82) is 0 Å². The number of nitro groups is 1. The van der Waals surface area contributed by atoms with E-state index in [1.807, 2.05) is 18.2 Å². The number of hydrogen-bond donors (Lipinski definition) is 0. The fourth-order valence-electron chi connectivity index (χ4n) is 1.38. The van der Waals surface area contributed by atoms with E-state index < -0.39 is 4.92 Å². The smallest absolute Gasteiger partial charge is 0.294 e. The van der Waals surface area contributed by atoms with Crippen LogP contribution in [0.4, 0.5) is 5.69 Å². The lowest BCUT2D eigenvalue weighted by Gasteiger charge is -2.05. The predicted molar refractivity (Wildman–Crippen MR) is 61.7 cm³/mol. The second-order valence-corrected chi connectivity index (χ2v) is 3.33. The average Bonchev–Trinajstić information content (AvgIpc) is 2.38. The Bertz CT molecular complexity index is 514. The van der Waals surface area contributed by atoms with Crippen LogP contribution in [0.2, 0.25) is 0 Å². The van der Waals surface area contributed by atoms with E-state index in [0.29, 0.717) is 11.4 Å². The highest BCUT2D eigenvalue weighted by molar-refractivity contribution is 5.34. The molecular weight excluding hydrogens is 220 g/mol. The van der Waals surface area contributed by atoms with Gasteiger partial charge >= 0.3 is 0 Å². The molecule has 86 valence electrons. The first kappa shape index (κ1) is 11.1. The third-order valence-electron chi connectivity index (χ3n) is 2.18. The van der Waals surface area contributed by atoms with Crippen LogP contribution in [0.1, 0.15) is 5.69 Å². The number of benzene rings is 1. The molecule has 0 radical (unpaired) electrons. The van der Waals surface area contributed by atoms with E-state index in [1.165, 1.54) is 18.3 Å². The van der Waals surface area contributed by atoms with Crippen molar-refractivity contribution in [1.82, 2.24) is 4.98 Å². The zero-order chi connectivity index (χ0) is 12.1. The zero-order valence-electron chi connectivity index (χ0n) is 8.95. The molecule has 17 heavy (non-hydrogen) atoms. The normalized spacial score (nSPS) is 9.88. The highest BCUT2D eigenvalue weighted by Crippen LogP contribution is 2.17.